The van der Waals surface area contributed by atoms with E-state index in [2.05, 4.69) is 0 Å². The zero-order chi connectivity index (χ0) is 12.9. The van der Waals surface area contributed by atoms with Crippen LogP contribution in [0.25, 0.3) is 0 Å². The summed E-state index contributed by atoms with van der Waals surface area (Å²) in [5.41, 5.74) is 4.96. The van der Waals surface area contributed by atoms with E-state index in [0.29, 0.717) is 12.3 Å². The van der Waals surface area contributed by atoms with Crippen LogP contribution in [0.4, 0.5) is 0 Å². The van der Waals surface area contributed by atoms with E-state index in [1.165, 1.54) is 32.1 Å². The minimum Gasteiger partial charge on any atom is -0.390 e. The summed E-state index contributed by atoms with van der Waals surface area (Å²) >= 11 is 0. The molecule has 0 saturated heterocycles. The van der Waals surface area contributed by atoms with Crippen LogP contribution >= 0.6 is 0 Å². The molecule has 0 heterocycles. The molecule has 0 amide bonds. The average Bonchev–Trinajstić information content (AvgIpc) is 2.30. The zero-order valence-electron chi connectivity index (χ0n) is 11.4. The van der Waals surface area contributed by atoms with Gasteiger partial charge in [-0.1, -0.05) is 45.4 Å². The lowest BCUT2D eigenvalue weighted by molar-refractivity contribution is -0.0855. The van der Waals surface area contributed by atoms with Crippen molar-refractivity contribution in [1.29, 1.82) is 0 Å². The molecule has 0 spiro atoms. The second kappa shape index (κ2) is 6.72. The van der Waals surface area contributed by atoms with E-state index in [0.717, 1.165) is 12.8 Å². The first-order chi connectivity index (χ1) is 7.98. The maximum atomic E-state index is 10.3. The smallest absolute Gasteiger partial charge is 0.103 e. The lowest BCUT2D eigenvalue weighted by Gasteiger charge is -2.37. The van der Waals surface area contributed by atoms with Gasteiger partial charge < -0.3 is 15.9 Å². The molecule has 4 N–H and O–H groups in total. The van der Waals surface area contributed by atoms with E-state index in [9.17, 15) is 10.2 Å². The van der Waals surface area contributed by atoms with Gasteiger partial charge in [-0.2, -0.15) is 0 Å². The van der Waals surface area contributed by atoms with Crippen LogP contribution in [0.3, 0.4) is 0 Å². The van der Waals surface area contributed by atoms with E-state index < -0.39 is 11.7 Å². The predicted octanol–water partition coefficient (Wildman–Crippen LogP) is 2.20. The van der Waals surface area contributed by atoms with E-state index in [1.54, 1.807) is 6.92 Å². The van der Waals surface area contributed by atoms with Gasteiger partial charge in [-0.05, 0) is 25.7 Å². The largest absolute Gasteiger partial charge is 0.390 e. The molecule has 1 aliphatic carbocycles. The fourth-order valence-corrected chi connectivity index (χ4v) is 2.83. The Labute approximate surface area is 105 Å². The standard InChI is InChI=1S/C14H29NO2/c1-3-7-13(16)14(2,17)12(15)10-11-8-5-4-6-9-11/h11-13,16-17H,3-10,15H2,1-2H3. The maximum absolute atomic E-state index is 10.3. The molecule has 1 saturated carbocycles. The van der Waals surface area contributed by atoms with Gasteiger partial charge >= 0.3 is 0 Å². The molecule has 0 aromatic heterocycles. The topological polar surface area (TPSA) is 66.5 Å². The summed E-state index contributed by atoms with van der Waals surface area (Å²) in [4.78, 5) is 0. The van der Waals surface area contributed by atoms with Crippen molar-refractivity contribution in [1.82, 2.24) is 0 Å². The first kappa shape index (κ1) is 14.9. The fourth-order valence-electron chi connectivity index (χ4n) is 2.83. The lowest BCUT2D eigenvalue weighted by atomic mass is 9.78. The summed E-state index contributed by atoms with van der Waals surface area (Å²) in [6.07, 6.45) is 7.99. The number of nitrogens with two attached hydrogens (primary N) is 1. The first-order valence-electron chi connectivity index (χ1n) is 7.14. The Balaban J connectivity index is 2.45. The molecule has 3 heteroatoms. The minimum absolute atomic E-state index is 0.313. The van der Waals surface area contributed by atoms with Crippen LogP contribution in [-0.2, 0) is 0 Å². The van der Waals surface area contributed by atoms with Gasteiger partial charge in [0.25, 0.3) is 0 Å². The van der Waals surface area contributed by atoms with E-state index in [-0.39, 0.29) is 6.04 Å². The Morgan fingerprint density at radius 2 is 1.88 bits per heavy atom. The molecule has 3 atom stereocenters. The molecule has 0 radical (unpaired) electrons. The van der Waals surface area contributed by atoms with Gasteiger partial charge in [-0.3, -0.25) is 0 Å². The summed E-state index contributed by atoms with van der Waals surface area (Å²) in [5.74, 6) is 0.638. The Kier molecular flexibility index (Phi) is 5.90. The molecule has 0 aromatic carbocycles. The highest BCUT2D eigenvalue weighted by Crippen LogP contribution is 2.30. The van der Waals surface area contributed by atoms with Crippen molar-refractivity contribution in [2.45, 2.75) is 83.0 Å². The molecular weight excluding hydrogens is 214 g/mol. The van der Waals surface area contributed by atoms with Crippen LogP contribution in [0.1, 0.15) is 65.2 Å². The highest BCUT2D eigenvalue weighted by atomic mass is 16.3. The molecule has 0 bridgehead atoms. The second-order valence-electron chi connectivity index (χ2n) is 5.88. The van der Waals surface area contributed by atoms with Crippen LogP contribution in [0.5, 0.6) is 0 Å². The summed E-state index contributed by atoms with van der Waals surface area (Å²) in [6.45, 7) is 3.69. The summed E-state index contributed by atoms with van der Waals surface area (Å²) in [5, 5.41) is 20.3. The average molecular weight is 243 g/mol. The van der Waals surface area contributed by atoms with Gasteiger partial charge in [-0.15, -0.1) is 0 Å². The summed E-state index contributed by atoms with van der Waals surface area (Å²) in [6, 6.07) is -0.313. The highest BCUT2D eigenvalue weighted by molar-refractivity contribution is 4.92. The quantitative estimate of drug-likeness (QED) is 0.670. The molecule has 3 unspecified atom stereocenters. The van der Waals surface area contributed by atoms with Gasteiger partial charge in [0, 0.05) is 6.04 Å². The van der Waals surface area contributed by atoms with Crippen molar-refractivity contribution in [2.75, 3.05) is 0 Å². The lowest BCUT2D eigenvalue weighted by Crippen LogP contribution is -2.54. The van der Waals surface area contributed by atoms with Crippen molar-refractivity contribution in [3.63, 3.8) is 0 Å². The maximum Gasteiger partial charge on any atom is 0.103 e. The van der Waals surface area contributed by atoms with Crippen molar-refractivity contribution < 1.29 is 10.2 Å². The van der Waals surface area contributed by atoms with Crippen molar-refractivity contribution in [3.05, 3.63) is 0 Å². The van der Waals surface area contributed by atoms with Gasteiger partial charge in [0.1, 0.15) is 5.60 Å². The first-order valence-corrected chi connectivity index (χ1v) is 7.14. The van der Waals surface area contributed by atoms with Gasteiger partial charge in [0.05, 0.1) is 6.10 Å². The number of rotatable bonds is 6. The SMILES string of the molecule is CCCC(O)C(C)(O)C(N)CC1CCCCC1. The van der Waals surface area contributed by atoms with Gasteiger partial charge in [0.2, 0.25) is 0 Å². The van der Waals surface area contributed by atoms with Crippen LogP contribution in [0.15, 0.2) is 0 Å². The molecule has 17 heavy (non-hydrogen) atoms. The predicted molar refractivity (Wildman–Crippen MR) is 70.7 cm³/mol. The van der Waals surface area contributed by atoms with Gasteiger partial charge in [0.15, 0.2) is 0 Å². The fraction of sp³-hybridized carbons (Fsp3) is 1.00. The van der Waals surface area contributed by atoms with Crippen LogP contribution in [0, 0.1) is 5.92 Å². The number of hydrogen-bond acceptors (Lipinski definition) is 3. The molecule has 1 aliphatic rings. The van der Waals surface area contributed by atoms with Crippen LogP contribution in [-0.4, -0.2) is 28.0 Å². The molecule has 0 aromatic rings. The van der Waals surface area contributed by atoms with Crippen molar-refractivity contribution >= 4 is 0 Å². The molecule has 1 rings (SSSR count). The van der Waals surface area contributed by atoms with E-state index in [1.807, 2.05) is 6.92 Å². The van der Waals surface area contributed by atoms with Crippen molar-refractivity contribution in [2.24, 2.45) is 11.7 Å². The highest BCUT2D eigenvalue weighted by Gasteiger charge is 2.37. The summed E-state index contributed by atoms with van der Waals surface area (Å²) < 4.78 is 0. The minimum atomic E-state index is -1.15. The van der Waals surface area contributed by atoms with Gasteiger partial charge in [-0.25, -0.2) is 0 Å². The number of aliphatic hydroxyl groups is 2. The van der Waals surface area contributed by atoms with E-state index >= 15 is 0 Å². The Bertz CT molecular complexity index is 212. The van der Waals surface area contributed by atoms with Crippen LogP contribution in [0.2, 0.25) is 0 Å². The number of hydrogen-bond donors (Lipinski definition) is 3. The molecule has 1 fully saturated rings. The second-order valence-corrected chi connectivity index (χ2v) is 5.88. The monoisotopic (exact) mass is 243 g/mol. The number of aliphatic hydroxyl groups excluding tert-OH is 1. The zero-order valence-corrected chi connectivity index (χ0v) is 11.4. The third-order valence-electron chi connectivity index (χ3n) is 4.30. The Morgan fingerprint density at radius 3 is 2.41 bits per heavy atom. The molecule has 3 nitrogen and oxygen atoms in total. The molecule has 0 aliphatic heterocycles. The molecule has 102 valence electrons. The normalized spacial score (nSPS) is 25.2. The Morgan fingerprint density at radius 1 is 1.29 bits per heavy atom. The summed E-state index contributed by atoms with van der Waals surface area (Å²) in [7, 11) is 0. The van der Waals surface area contributed by atoms with E-state index in [4.69, 9.17) is 5.73 Å². The van der Waals surface area contributed by atoms with Crippen LogP contribution < -0.4 is 5.73 Å². The van der Waals surface area contributed by atoms with Crippen molar-refractivity contribution in [3.8, 4) is 0 Å². The third kappa shape index (κ3) is 4.23. The third-order valence-corrected chi connectivity index (χ3v) is 4.30. The molecular formula is C14H29NO2. The Hall–Kier alpha value is -0.120.